The molecule has 1 amide bonds. The average molecular weight is 280 g/mol. The van der Waals surface area contributed by atoms with Gasteiger partial charge in [0.25, 0.3) is 0 Å². The number of hydrogen-bond acceptors (Lipinski definition) is 3. The Morgan fingerprint density at radius 2 is 2.26 bits per heavy atom. The van der Waals surface area contributed by atoms with E-state index >= 15 is 0 Å². The number of halogens is 3. The van der Waals surface area contributed by atoms with Crippen LogP contribution in [-0.4, -0.2) is 44.9 Å². The van der Waals surface area contributed by atoms with E-state index in [0.717, 1.165) is 12.8 Å². The second kappa shape index (κ2) is 5.66. The SMILES string of the molecule is O=C(NCC1CCCOC1)C1(C(F)(F)F)CCNC1. The van der Waals surface area contributed by atoms with Gasteiger partial charge in [-0.1, -0.05) is 0 Å². The van der Waals surface area contributed by atoms with Crippen molar-refractivity contribution in [1.82, 2.24) is 10.6 Å². The molecule has 4 nitrogen and oxygen atoms in total. The van der Waals surface area contributed by atoms with Crippen molar-refractivity contribution in [2.75, 3.05) is 32.8 Å². The first-order valence-corrected chi connectivity index (χ1v) is 6.59. The van der Waals surface area contributed by atoms with Gasteiger partial charge in [-0.05, 0) is 31.7 Å². The van der Waals surface area contributed by atoms with Gasteiger partial charge in [0.1, 0.15) is 0 Å². The van der Waals surface area contributed by atoms with E-state index in [1.54, 1.807) is 0 Å². The smallest absolute Gasteiger partial charge is 0.381 e. The van der Waals surface area contributed by atoms with Crippen molar-refractivity contribution in [1.29, 1.82) is 0 Å². The number of carbonyl (C=O) groups excluding carboxylic acids is 1. The number of alkyl halides is 3. The highest BCUT2D eigenvalue weighted by atomic mass is 19.4. The van der Waals surface area contributed by atoms with Crippen molar-refractivity contribution in [3.63, 3.8) is 0 Å². The fourth-order valence-electron chi connectivity index (χ4n) is 2.63. The molecule has 0 bridgehead atoms. The predicted octanol–water partition coefficient (Wildman–Crippen LogP) is 1.07. The van der Waals surface area contributed by atoms with Crippen LogP contribution in [0.4, 0.5) is 13.2 Å². The zero-order chi connectivity index (χ0) is 13.9. The molecule has 0 aromatic carbocycles. The fraction of sp³-hybridized carbons (Fsp3) is 0.917. The van der Waals surface area contributed by atoms with Crippen molar-refractivity contribution in [3.8, 4) is 0 Å². The van der Waals surface area contributed by atoms with Crippen LogP contribution >= 0.6 is 0 Å². The van der Waals surface area contributed by atoms with Crippen LogP contribution in [0.3, 0.4) is 0 Å². The van der Waals surface area contributed by atoms with Gasteiger partial charge in [-0.2, -0.15) is 13.2 Å². The highest BCUT2D eigenvalue weighted by Gasteiger charge is 2.61. The van der Waals surface area contributed by atoms with Crippen LogP contribution < -0.4 is 10.6 Å². The Hall–Kier alpha value is -0.820. The summed E-state index contributed by atoms with van der Waals surface area (Å²) in [5.41, 5.74) is -2.26. The van der Waals surface area contributed by atoms with Crippen LogP contribution in [0.15, 0.2) is 0 Å². The summed E-state index contributed by atoms with van der Waals surface area (Å²) in [4.78, 5) is 11.9. The topological polar surface area (TPSA) is 50.4 Å². The maximum Gasteiger partial charge on any atom is 0.404 e. The Morgan fingerprint density at radius 3 is 2.79 bits per heavy atom. The molecule has 19 heavy (non-hydrogen) atoms. The summed E-state index contributed by atoms with van der Waals surface area (Å²) >= 11 is 0. The minimum absolute atomic E-state index is 0.123. The molecule has 0 spiro atoms. The summed E-state index contributed by atoms with van der Waals surface area (Å²) in [5, 5.41) is 5.10. The highest BCUT2D eigenvalue weighted by Crippen LogP contribution is 2.43. The van der Waals surface area contributed by atoms with E-state index in [1.165, 1.54) is 0 Å². The highest BCUT2D eigenvalue weighted by molar-refractivity contribution is 5.84. The molecule has 2 rings (SSSR count). The zero-order valence-electron chi connectivity index (χ0n) is 10.7. The summed E-state index contributed by atoms with van der Waals surface area (Å²) in [6, 6.07) is 0. The van der Waals surface area contributed by atoms with Crippen molar-refractivity contribution in [2.45, 2.75) is 25.4 Å². The first-order chi connectivity index (χ1) is 8.96. The maximum atomic E-state index is 13.1. The monoisotopic (exact) mass is 280 g/mol. The fourth-order valence-corrected chi connectivity index (χ4v) is 2.63. The van der Waals surface area contributed by atoms with E-state index in [-0.39, 0.29) is 32.0 Å². The number of rotatable bonds is 3. The molecule has 110 valence electrons. The molecule has 2 heterocycles. The molecular weight excluding hydrogens is 261 g/mol. The quantitative estimate of drug-likeness (QED) is 0.813. The van der Waals surface area contributed by atoms with Crippen molar-refractivity contribution < 1.29 is 22.7 Å². The van der Waals surface area contributed by atoms with Gasteiger partial charge in [-0.15, -0.1) is 0 Å². The molecule has 2 aliphatic rings. The minimum Gasteiger partial charge on any atom is -0.381 e. The molecule has 0 radical (unpaired) electrons. The number of nitrogens with one attached hydrogen (secondary N) is 2. The summed E-state index contributed by atoms with van der Waals surface area (Å²) in [5.74, 6) is -0.784. The summed E-state index contributed by atoms with van der Waals surface area (Å²) in [6.07, 6.45) is -2.92. The Balaban J connectivity index is 1.93. The van der Waals surface area contributed by atoms with Gasteiger partial charge in [0.2, 0.25) is 5.91 Å². The van der Waals surface area contributed by atoms with Crippen molar-refractivity contribution in [3.05, 3.63) is 0 Å². The number of ether oxygens (including phenoxy) is 1. The Morgan fingerprint density at radius 1 is 1.47 bits per heavy atom. The van der Waals surface area contributed by atoms with E-state index in [9.17, 15) is 18.0 Å². The molecule has 2 atom stereocenters. The van der Waals surface area contributed by atoms with Crippen LogP contribution in [-0.2, 0) is 9.53 Å². The zero-order valence-corrected chi connectivity index (χ0v) is 10.7. The molecule has 2 fully saturated rings. The molecule has 0 saturated carbocycles. The first-order valence-electron chi connectivity index (χ1n) is 6.59. The average Bonchev–Trinajstić information content (AvgIpc) is 2.87. The van der Waals surface area contributed by atoms with Gasteiger partial charge >= 0.3 is 6.18 Å². The summed E-state index contributed by atoms with van der Waals surface area (Å²) in [7, 11) is 0. The van der Waals surface area contributed by atoms with Crippen LogP contribution in [0, 0.1) is 11.3 Å². The largest absolute Gasteiger partial charge is 0.404 e. The van der Waals surface area contributed by atoms with Gasteiger partial charge in [0.15, 0.2) is 5.41 Å². The van der Waals surface area contributed by atoms with Crippen LogP contribution in [0.5, 0.6) is 0 Å². The standard InChI is InChI=1S/C12H19F3N2O2/c13-12(14,15)11(3-4-16-8-11)10(18)17-6-9-2-1-5-19-7-9/h9,16H,1-8H2,(H,17,18). The number of hydrogen-bond donors (Lipinski definition) is 2. The Labute approximate surface area is 110 Å². The van der Waals surface area contributed by atoms with Gasteiger partial charge in [0.05, 0.1) is 6.61 Å². The molecule has 2 unspecified atom stereocenters. The molecular formula is C12H19F3N2O2. The second-order valence-electron chi connectivity index (χ2n) is 5.30. The normalized spacial score (nSPS) is 32.3. The lowest BCUT2D eigenvalue weighted by molar-refractivity contribution is -0.216. The minimum atomic E-state index is -4.51. The third-order valence-corrected chi connectivity index (χ3v) is 3.94. The van der Waals surface area contributed by atoms with E-state index in [2.05, 4.69) is 10.6 Å². The van der Waals surface area contributed by atoms with Crippen molar-refractivity contribution >= 4 is 5.91 Å². The Bertz CT molecular complexity index is 321. The lowest BCUT2D eigenvalue weighted by Gasteiger charge is -2.30. The third-order valence-electron chi connectivity index (χ3n) is 3.94. The first kappa shape index (κ1) is 14.6. The lowest BCUT2D eigenvalue weighted by Crippen LogP contribution is -2.53. The summed E-state index contributed by atoms with van der Waals surface area (Å²) in [6.45, 7) is 1.36. The number of carbonyl (C=O) groups is 1. The molecule has 2 aliphatic heterocycles. The summed E-state index contributed by atoms with van der Waals surface area (Å²) < 4.78 is 44.6. The maximum absolute atomic E-state index is 13.1. The van der Waals surface area contributed by atoms with E-state index in [0.29, 0.717) is 13.2 Å². The Kier molecular flexibility index (Phi) is 4.35. The molecule has 2 N–H and O–H groups in total. The number of amides is 1. The van der Waals surface area contributed by atoms with Gasteiger partial charge in [-0.3, -0.25) is 4.79 Å². The third kappa shape index (κ3) is 3.02. The van der Waals surface area contributed by atoms with Crippen LogP contribution in [0.25, 0.3) is 0 Å². The molecule has 0 aromatic heterocycles. The molecule has 0 aromatic rings. The second-order valence-corrected chi connectivity index (χ2v) is 5.30. The molecule has 7 heteroatoms. The predicted molar refractivity (Wildman–Crippen MR) is 62.5 cm³/mol. The van der Waals surface area contributed by atoms with E-state index < -0.39 is 17.5 Å². The molecule has 0 aliphatic carbocycles. The van der Waals surface area contributed by atoms with Crippen LogP contribution in [0.2, 0.25) is 0 Å². The van der Waals surface area contributed by atoms with Gasteiger partial charge < -0.3 is 15.4 Å². The molecule has 2 saturated heterocycles. The van der Waals surface area contributed by atoms with E-state index in [1.807, 2.05) is 0 Å². The van der Waals surface area contributed by atoms with Crippen molar-refractivity contribution in [2.24, 2.45) is 11.3 Å². The van der Waals surface area contributed by atoms with Gasteiger partial charge in [-0.25, -0.2) is 0 Å². The van der Waals surface area contributed by atoms with E-state index in [4.69, 9.17) is 4.74 Å². The lowest BCUT2D eigenvalue weighted by atomic mass is 9.85. The van der Waals surface area contributed by atoms with Gasteiger partial charge in [0, 0.05) is 19.7 Å². The van der Waals surface area contributed by atoms with Crippen LogP contribution in [0.1, 0.15) is 19.3 Å².